The first-order chi connectivity index (χ1) is 9.86. The van der Waals surface area contributed by atoms with E-state index >= 15 is 0 Å². The quantitative estimate of drug-likeness (QED) is 0.874. The Morgan fingerprint density at radius 1 is 1.33 bits per heavy atom. The maximum atomic E-state index is 12.6. The second-order valence-corrected chi connectivity index (χ2v) is 7.43. The summed E-state index contributed by atoms with van der Waals surface area (Å²) in [6.45, 7) is 1.85. The number of aryl methyl sites for hydroxylation is 1. The standard InChI is InChI=1S/C14H16BrNO4S/c1-10-5-3-4-6-11(10)8-16(2)21(18,19)13-7-12(9-17)20-14(13)15/h3-7,17H,8-9H2,1-2H3. The van der Waals surface area contributed by atoms with Crippen LogP contribution in [0.2, 0.25) is 0 Å². The second-order valence-electron chi connectivity index (χ2n) is 4.70. The van der Waals surface area contributed by atoms with Crippen molar-refractivity contribution in [1.29, 1.82) is 0 Å². The Morgan fingerprint density at radius 3 is 2.57 bits per heavy atom. The van der Waals surface area contributed by atoms with Crippen LogP contribution in [0.3, 0.4) is 0 Å². The molecule has 114 valence electrons. The number of hydrogen-bond donors (Lipinski definition) is 1. The highest BCUT2D eigenvalue weighted by molar-refractivity contribution is 9.10. The maximum Gasteiger partial charge on any atom is 0.247 e. The van der Waals surface area contributed by atoms with Crippen molar-refractivity contribution in [3.05, 3.63) is 51.9 Å². The second kappa shape index (κ2) is 6.31. The molecule has 0 radical (unpaired) electrons. The molecule has 2 aromatic rings. The van der Waals surface area contributed by atoms with Gasteiger partial charge in [0.1, 0.15) is 17.3 Å². The molecule has 0 spiro atoms. The van der Waals surface area contributed by atoms with Crippen LogP contribution in [0.25, 0.3) is 0 Å². The number of aliphatic hydroxyl groups is 1. The van der Waals surface area contributed by atoms with Crippen molar-refractivity contribution in [2.24, 2.45) is 0 Å². The van der Waals surface area contributed by atoms with Crippen molar-refractivity contribution in [2.75, 3.05) is 7.05 Å². The van der Waals surface area contributed by atoms with Gasteiger partial charge in [-0.3, -0.25) is 0 Å². The first-order valence-electron chi connectivity index (χ1n) is 6.26. The third-order valence-corrected chi connectivity index (χ3v) is 5.87. The molecule has 0 saturated heterocycles. The van der Waals surface area contributed by atoms with Crippen molar-refractivity contribution in [2.45, 2.75) is 25.0 Å². The van der Waals surface area contributed by atoms with E-state index in [1.54, 1.807) is 0 Å². The van der Waals surface area contributed by atoms with Gasteiger partial charge in [-0.15, -0.1) is 0 Å². The largest absolute Gasteiger partial charge is 0.450 e. The summed E-state index contributed by atoms with van der Waals surface area (Å²) in [5.74, 6) is 0.199. The van der Waals surface area contributed by atoms with E-state index in [-0.39, 0.29) is 28.5 Å². The van der Waals surface area contributed by atoms with Crippen molar-refractivity contribution in [3.63, 3.8) is 0 Å². The van der Waals surface area contributed by atoms with Crippen LogP contribution in [-0.4, -0.2) is 24.9 Å². The summed E-state index contributed by atoms with van der Waals surface area (Å²) >= 11 is 3.08. The number of halogens is 1. The van der Waals surface area contributed by atoms with Crippen LogP contribution in [0.15, 0.2) is 44.3 Å². The lowest BCUT2D eigenvalue weighted by Crippen LogP contribution is -2.26. The zero-order valence-corrected chi connectivity index (χ0v) is 14.1. The maximum absolute atomic E-state index is 12.6. The van der Waals surface area contributed by atoms with Crippen molar-refractivity contribution >= 4 is 26.0 Å². The van der Waals surface area contributed by atoms with E-state index in [1.165, 1.54) is 17.4 Å². The minimum Gasteiger partial charge on any atom is -0.450 e. The van der Waals surface area contributed by atoms with Gasteiger partial charge in [0.15, 0.2) is 4.67 Å². The molecule has 0 saturated carbocycles. The van der Waals surface area contributed by atoms with E-state index in [4.69, 9.17) is 9.52 Å². The van der Waals surface area contributed by atoms with Crippen LogP contribution in [0.1, 0.15) is 16.9 Å². The summed E-state index contributed by atoms with van der Waals surface area (Å²) < 4.78 is 31.6. The Kier molecular flexibility index (Phi) is 4.88. The van der Waals surface area contributed by atoms with Gasteiger partial charge in [0.05, 0.1) is 0 Å². The molecule has 1 aromatic heterocycles. The van der Waals surface area contributed by atoms with Crippen LogP contribution in [0, 0.1) is 6.92 Å². The first-order valence-corrected chi connectivity index (χ1v) is 8.49. The van der Waals surface area contributed by atoms with Gasteiger partial charge in [0.25, 0.3) is 0 Å². The van der Waals surface area contributed by atoms with Crippen LogP contribution in [0.4, 0.5) is 0 Å². The molecule has 7 heteroatoms. The van der Waals surface area contributed by atoms with Gasteiger partial charge in [-0.1, -0.05) is 24.3 Å². The molecule has 21 heavy (non-hydrogen) atoms. The molecule has 0 atom stereocenters. The number of rotatable bonds is 5. The molecule has 1 N–H and O–H groups in total. The van der Waals surface area contributed by atoms with E-state index in [2.05, 4.69) is 15.9 Å². The topological polar surface area (TPSA) is 70.8 Å². The van der Waals surface area contributed by atoms with Gasteiger partial charge in [0.2, 0.25) is 10.0 Å². The smallest absolute Gasteiger partial charge is 0.247 e. The van der Waals surface area contributed by atoms with Crippen LogP contribution in [0.5, 0.6) is 0 Å². The normalized spacial score (nSPS) is 12.0. The average molecular weight is 374 g/mol. The number of benzene rings is 1. The van der Waals surface area contributed by atoms with Crippen molar-refractivity contribution in [3.8, 4) is 0 Å². The van der Waals surface area contributed by atoms with Gasteiger partial charge in [-0.2, -0.15) is 4.31 Å². The molecule has 0 unspecified atom stereocenters. The van der Waals surface area contributed by atoms with E-state index in [0.29, 0.717) is 0 Å². The molecule has 0 bridgehead atoms. The Hall–Kier alpha value is -1.15. The molecule has 0 fully saturated rings. The summed E-state index contributed by atoms with van der Waals surface area (Å²) in [4.78, 5) is 0.0163. The molecule has 0 aliphatic carbocycles. The van der Waals surface area contributed by atoms with Crippen LogP contribution < -0.4 is 0 Å². The van der Waals surface area contributed by atoms with Gasteiger partial charge < -0.3 is 9.52 Å². The number of aliphatic hydroxyl groups excluding tert-OH is 1. The van der Waals surface area contributed by atoms with Gasteiger partial charge in [-0.05, 0) is 34.0 Å². The zero-order valence-electron chi connectivity index (χ0n) is 11.7. The highest BCUT2D eigenvalue weighted by atomic mass is 79.9. The lowest BCUT2D eigenvalue weighted by Gasteiger charge is -2.17. The summed E-state index contributed by atoms with van der Waals surface area (Å²) in [7, 11) is -2.18. The number of sulfonamides is 1. The van der Waals surface area contributed by atoms with E-state index < -0.39 is 10.0 Å². The first kappa shape index (κ1) is 16.2. The Balaban J connectivity index is 2.30. The monoisotopic (exact) mass is 373 g/mol. The molecule has 2 rings (SSSR count). The Labute approximate surface area is 132 Å². The fourth-order valence-corrected chi connectivity index (χ4v) is 4.04. The fraction of sp³-hybridized carbons (Fsp3) is 0.286. The van der Waals surface area contributed by atoms with Crippen LogP contribution in [-0.2, 0) is 23.2 Å². The molecule has 1 heterocycles. The van der Waals surface area contributed by atoms with Crippen molar-refractivity contribution < 1.29 is 17.9 Å². The molecule has 0 aliphatic heterocycles. The molecular weight excluding hydrogens is 358 g/mol. The fourth-order valence-electron chi connectivity index (χ4n) is 1.93. The lowest BCUT2D eigenvalue weighted by molar-refractivity contribution is 0.245. The molecular formula is C14H16BrNO4S. The highest BCUT2D eigenvalue weighted by Crippen LogP contribution is 2.29. The highest BCUT2D eigenvalue weighted by Gasteiger charge is 2.27. The van der Waals surface area contributed by atoms with Crippen LogP contribution >= 0.6 is 15.9 Å². The predicted octanol–water partition coefficient (Wildman–Crippen LogP) is 2.66. The van der Waals surface area contributed by atoms with E-state index in [9.17, 15) is 8.42 Å². The van der Waals surface area contributed by atoms with Gasteiger partial charge >= 0.3 is 0 Å². The minimum absolute atomic E-state index is 0.0163. The zero-order chi connectivity index (χ0) is 15.6. The van der Waals surface area contributed by atoms with E-state index in [1.807, 2.05) is 31.2 Å². The number of nitrogens with zero attached hydrogens (tertiary/aromatic N) is 1. The molecule has 0 aliphatic rings. The SMILES string of the molecule is Cc1ccccc1CN(C)S(=O)(=O)c1cc(CO)oc1Br. The molecule has 1 aromatic carbocycles. The average Bonchev–Trinajstić information content (AvgIpc) is 2.83. The summed E-state index contributed by atoms with van der Waals surface area (Å²) in [5, 5.41) is 9.03. The third kappa shape index (κ3) is 3.37. The Morgan fingerprint density at radius 2 is 2.00 bits per heavy atom. The molecule has 5 nitrogen and oxygen atoms in total. The summed E-state index contributed by atoms with van der Waals surface area (Å²) in [6, 6.07) is 8.94. The Bertz CT molecular complexity index is 739. The lowest BCUT2D eigenvalue weighted by atomic mass is 10.1. The summed E-state index contributed by atoms with van der Waals surface area (Å²) in [6.07, 6.45) is 0. The van der Waals surface area contributed by atoms with Crippen molar-refractivity contribution in [1.82, 2.24) is 4.31 Å². The molecule has 0 amide bonds. The third-order valence-electron chi connectivity index (χ3n) is 3.20. The van der Waals surface area contributed by atoms with Gasteiger partial charge in [-0.25, -0.2) is 8.42 Å². The minimum atomic E-state index is -3.69. The summed E-state index contributed by atoms with van der Waals surface area (Å²) in [5.41, 5.74) is 1.97. The number of furan rings is 1. The predicted molar refractivity (Wildman–Crippen MR) is 82.2 cm³/mol. The van der Waals surface area contributed by atoms with Gasteiger partial charge in [0, 0.05) is 19.7 Å². The van der Waals surface area contributed by atoms with E-state index in [0.717, 1.165) is 11.1 Å². The number of hydrogen-bond acceptors (Lipinski definition) is 4.